The van der Waals surface area contributed by atoms with Crippen LogP contribution < -0.4 is 0 Å². The fourth-order valence-corrected chi connectivity index (χ4v) is 1.23. The molecule has 0 heterocycles. The van der Waals surface area contributed by atoms with E-state index in [1.54, 1.807) is 0 Å². The lowest BCUT2D eigenvalue weighted by molar-refractivity contribution is 1.57. The van der Waals surface area contributed by atoms with Crippen LogP contribution in [0.5, 0.6) is 0 Å². The molecule has 0 saturated heterocycles. The summed E-state index contributed by atoms with van der Waals surface area (Å²) >= 11 is 7.99. The summed E-state index contributed by atoms with van der Waals surface area (Å²) in [5.74, 6) is 0. The lowest BCUT2D eigenvalue weighted by Crippen LogP contribution is -1.76. The molecular formula is C7H5ClI. The molecule has 1 radical (unpaired) electrons. The molecule has 0 nitrogen and oxygen atoms in total. The largest absolute Gasteiger partial charge is 0.0829 e. The van der Waals surface area contributed by atoms with Crippen molar-refractivity contribution >= 4 is 34.2 Å². The molecule has 0 amide bonds. The minimum atomic E-state index is 0.762. The van der Waals surface area contributed by atoms with E-state index in [0.29, 0.717) is 0 Å². The Morgan fingerprint density at radius 2 is 2.11 bits per heavy atom. The van der Waals surface area contributed by atoms with Gasteiger partial charge in [0.2, 0.25) is 0 Å². The standard InChI is InChI=1S/C7H5ClI/c1-5-3-2-4-6(9)7(5)8/h2-4H,1H2. The van der Waals surface area contributed by atoms with Crippen LogP contribution in [0, 0.1) is 10.5 Å². The smallest absolute Gasteiger partial charge is 0.0571 e. The molecule has 0 saturated carbocycles. The molecule has 0 N–H and O–H groups in total. The monoisotopic (exact) mass is 251 g/mol. The third-order valence-electron chi connectivity index (χ3n) is 1.03. The highest BCUT2D eigenvalue weighted by atomic mass is 127. The molecule has 0 spiro atoms. The van der Waals surface area contributed by atoms with Crippen LogP contribution in [-0.2, 0) is 0 Å². The van der Waals surface area contributed by atoms with E-state index in [-0.39, 0.29) is 0 Å². The van der Waals surface area contributed by atoms with Gasteiger partial charge in [-0.15, -0.1) is 0 Å². The first kappa shape index (κ1) is 7.35. The molecule has 1 aromatic carbocycles. The van der Waals surface area contributed by atoms with Crippen LogP contribution in [-0.4, -0.2) is 0 Å². The van der Waals surface area contributed by atoms with Gasteiger partial charge in [-0.05, 0) is 41.1 Å². The maximum atomic E-state index is 5.81. The Bertz CT molecular complexity index is 200. The maximum Gasteiger partial charge on any atom is 0.0571 e. The second-order valence-electron chi connectivity index (χ2n) is 1.71. The topological polar surface area (TPSA) is 0 Å². The van der Waals surface area contributed by atoms with Crippen molar-refractivity contribution in [3.8, 4) is 0 Å². The van der Waals surface area contributed by atoms with Crippen LogP contribution in [0.3, 0.4) is 0 Å². The van der Waals surface area contributed by atoms with Crippen molar-refractivity contribution in [2.75, 3.05) is 0 Å². The summed E-state index contributed by atoms with van der Waals surface area (Å²) < 4.78 is 1.06. The quantitative estimate of drug-likeness (QED) is 0.622. The van der Waals surface area contributed by atoms with E-state index < -0.39 is 0 Å². The molecule has 0 aromatic heterocycles. The summed E-state index contributed by atoms with van der Waals surface area (Å²) in [4.78, 5) is 0. The van der Waals surface area contributed by atoms with E-state index >= 15 is 0 Å². The summed E-state index contributed by atoms with van der Waals surface area (Å²) in [5.41, 5.74) is 0.892. The molecule has 1 aromatic rings. The van der Waals surface area contributed by atoms with E-state index in [4.69, 9.17) is 11.6 Å². The molecular weight excluding hydrogens is 246 g/mol. The van der Waals surface area contributed by atoms with Gasteiger partial charge in [-0.25, -0.2) is 0 Å². The third-order valence-corrected chi connectivity index (χ3v) is 2.70. The van der Waals surface area contributed by atoms with Crippen LogP contribution in [0.1, 0.15) is 5.56 Å². The van der Waals surface area contributed by atoms with E-state index in [9.17, 15) is 0 Å². The highest BCUT2D eigenvalue weighted by Gasteiger charge is 1.96. The Hall–Kier alpha value is 0.240. The van der Waals surface area contributed by atoms with Crippen LogP contribution in [0.15, 0.2) is 18.2 Å². The van der Waals surface area contributed by atoms with Gasteiger partial charge < -0.3 is 0 Å². The summed E-state index contributed by atoms with van der Waals surface area (Å²) in [6, 6.07) is 5.79. The van der Waals surface area contributed by atoms with Gasteiger partial charge in [0.15, 0.2) is 0 Å². The first-order chi connectivity index (χ1) is 4.22. The zero-order chi connectivity index (χ0) is 6.85. The third kappa shape index (κ3) is 1.58. The van der Waals surface area contributed by atoms with Crippen molar-refractivity contribution in [2.45, 2.75) is 0 Å². The Balaban J connectivity index is 3.25. The van der Waals surface area contributed by atoms with Crippen molar-refractivity contribution in [1.82, 2.24) is 0 Å². The van der Waals surface area contributed by atoms with Crippen molar-refractivity contribution in [3.05, 3.63) is 39.3 Å². The fraction of sp³-hybridized carbons (Fsp3) is 0. The van der Waals surface area contributed by atoms with E-state index in [1.165, 1.54) is 0 Å². The SMILES string of the molecule is [CH2]c1cccc(I)c1Cl. The molecule has 0 aliphatic heterocycles. The minimum absolute atomic E-state index is 0.762. The van der Waals surface area contributed by atoms with Crippen molar-refractivity contribution < 1.29 is 0 Å². The second-order valence-corrected chi connectivity index (χ2v) is 3.25. The highest BCUT2D eigenvalue weighted by Crippen LogP contribution is 2.21. The van der Waals surface area contributed by atoms with Gasteiger partial charge in [-0.2, -0.15) is 0 Å². The van der Waals surface area contributed by atoms with Gasteiger partial charge in [-0.1, -0.05) is 23.7 Å². The molecule has 0 aliphatic carbocycles. The van der Waals surface area contributed by atoms with Crippen LogP contribution in [0.4, 0.5) is 0 Å². The van der Waals surface area contributed by atoms with Gasteiger partial charge in [-0.3, -0.25) is 0 Å². The van der Waals surface area contributed by atoms with Gasteiger partial charge >= 0.3 is 0 Å². The molecule has 0 fully saturated rings. The summed E-state index contributed by atoms with van der Waals surface area (Å²) in [7, 11) is 0. The Morgan fingerprint density at radius 1 is 1.44 bits per heavy atom. The minimum Gasteiger partial charge on any atom is -0.0829 e. The Kier molecular flexibility index (Phi) is 2.35. The van der Waals surface area contributed by atoms with Gasteiger partial charge in [0.1, 0.15) is 0 Å². The van der Waals surface area contributed by atoms with Crippen LogP contribution in [0.25, 0.3) is 0 Å². The molecule has 47 valence electrons. The normalized spacial score (nSPS) is 9.67. The average Bonchev–Trinajstić information content (AvgIpc) is 1.83. The zero-order valence-corrected chi connectivity index (χ0v) is 7.61. The van der Waals surface area contributed by atoms with E-state index in [1.807, 2.05) is 18.2 Å². The summed E-state index contributed by atoms with van der Waals surface area (Å²) in [6.07, 6.45) is 0. The maximum absolute atomic E-state index is 5.81. The molecule has 0 atom stereocenters. The fourth-order valence-electron chi connectivity index (χ4n) is 0.548. The molecule has 0 unspecified atom stereocenters. The summed E-state index contributed by atoms with van der Waals surface area (Å²) in [5, 5.41) is 0.762. The highest BCUT2D eigenvalue weighted by molar-refractivity contribution is 14.1. The number of benzene rings is 1. The Labute approximate surface area is 73.4 Å². The van der Waals surface area contributed by atoms with E-state index in [0.717, 1.165) is 14.2 Å². The first-order valence-electron chi connectivity index (χ1n) is 2.48. The average molecular weight is 251 g/mol. The van der Waals surface area contributed by atoms with Crippen LogP contribution >= 0.6 is 34.2 Å². The number of halogens is 2. The zero-order valence-electron chi connectivity index (χ0n) is 4.70. The van der Waals surface area contributed by atoms with Gasteiger partial charge in [0.25, 0.3) is 0 Å². The predicted octanol–water partition coefficient (Wildman–Crippen LogP) is 3.13. The van der Waals surface area contributed by atoms with Crippen molar-refractivity contribution in [2.24, 2.45) is 0 Å². The molecule has 0 bridgehead atoms. The molecule has 1 rings (SSSR count). The lowest BCUT2D eigenvalue weighted by atomic mass is 10.2. The number of hydrogen-bond donors (Lipinski definition) is 0. The molecule has 0 aliphatic rings. The Morgan fingerprint density at radius 3 is 2.56 bits per heavy atom. The lowest BCUT2D eigenvalue weighted by Gasteiger charge is -1.96. The first-order valence-corrected chi connectivity index (χ1v) is 3.93. The summed E-state index contributed by atoms with van der Waals surface area (Å²) in [6.45, 7) is 3.74. The van der Waals surface area contributed by atoms with Crippen molar-refractivity contribution in [3.63, 3.8) is 0 Å². The van der Waals surface area contributed by atoms with Gasteiger partial charge in [0, 0.05) is 3.57 Å². The van der Waals surface area contributed by atoms with E-state index in [2.05, 4.69) is 29.5 Å². The predicted molar refractivity (Wildman–Crippen MR) is 48.6 cm³/mol. The number of rotatable bonds is 0. The van der Waals surface area contributed by atoms with Gasteiger partial charge in [0.05, 0.1) is 5.02 Å². The molecule has 2 heteroatoms. The molecule has 9 heavy (non-hydrogen) atoms. The number of hydrogen-bond acceptors (Lipinski definition) is 0. The van der Waals surface area contributed by atoms with Crippen LogP contribution in [0.2, 0.25) is 5.02 Å². The van der Waals surface area contributed by atoms with Crippen molar-refractivity contribution in [1.29, 1.82) is 0 Å². The second kappa shape index (κ2) is 2.88.